The minimum Gasteiger partial charge on any atom is -0.339 e. The van der Waals surface area contributed by atoms with E-state index in [0.29, 0.717) is 12.0 Å². The fraction of sp³-hybridized carbons (Fsp3) is 0.900. The van der Waals surface area contributed by atoms with Gasteiger partial charge in [0.15, 0.2) is 0 Å². The monoisotopic (exact) mass is 205 g/mol. The summed E-state index contributed by atoms with van der Waals surface area (Å²) in [6.45, 7) is 9.17. The van der Waals surface area contributed by atoms with Gasteiger partial charge in [-0.3, -0.25) is 4.79 Å². The molecule has 0 saturated heterocycles. The number of carbonyl (C=O) groups excluding carboxylic acids is 1. The molecule has 0 saturated carbocycles. The molecule has 78 valence electrons. The number of hydrogen-bond acceptors (Lipinski definition) is 1. The number of halogens is 1. The summed E-state index contributed by atoms with van der Waals surface area (Å²) in [6.07, 6.45) is 0.981. The molecule has 0 heterocycles. The van der Waals surface area contributed by atoms with Crippen LogP contribution in [0.5, 0.6) is 0 Å². The number of amides is 1. The Morgan fingerprint density at radius 3 is 2.23 bits per heavy atom. The van der Waals surface area contributed by atoms with Crippen molar-refractivity contribution in [3.05, 3.63) is 0 Å². The van der Waals surface area contributed by atoms with Gasteiger partial charge in [0.25, 0.3) is 0 Å². The molecule has 1 atom stereocenters. The fourth-order valence-corrected chi connectivity index (χ4v) is 1.37. The minimum absolute atomic E-state index is 0.0460. The van der Waals surface area contributed by atoms with E-state index in [-0.39, 0.29) is 11.8 Å². The van der Waals surface area contributed by atoms with E-state index < -0.39 is 0 Å². The Kier molecular flexibility index (Phi) is 6.13. The summed E-state index contributed by atoms with van der Waals surface area (Å²) in [6, 6.07) is 0.300. The zero-order valence-corrected chi connectivity index (χ0v) is 9.77. The van der Waals surface area contributed by atoms with Crippen molar-refractivity contribution < 1.29 is 4.79 Å². The Labute approximate surface area is 86.2 Å². The Morgan fingerprint density at radius 2 is 1.92 bits per heavy atom. The normalized spacial score (nSPS) is 13.1. The van der Waals surface area contributed by atoms with Crippen LogP contribution in [0.1, 0.15) is 34.1 Å². The molecule has 0 aromatic carbocycles. The van der Waals surface area contributed by atoms with E-state index in [9.17, 15) is 4.79 Å². The molecule has 0 aliphatic rings. The number of nitrogens with zero attached hydrogens (tertiary/aromatic N) is 1. The molecular formula is C10H20ClNO. The summed E-state index contributed by atoms with van der Waals surface area (Å²) in [5.41, 5.74) is 0. The van der Waals surface area contributed by atoms with E-state index in [0.717, 1.165) is 13.0 Å². The average molecular weight is 206 g/mol. The van der Waals surface area contributed by atoms with Crippen LogP contribution in [-0.2, 0) is 4.79 Å². The van der Waals surface area contributed by atoms with Crippen molar-refractivity contribution in [2.45, 2.75) is 40.2 Å². The zero-order chi connectivity index (χ0) is 10.4. The second-order valence-electron chi connectivity index (χ2n) is 3.83. The van der Waals surface area contributed by atoms with Crippen molar-refractivity contribution in [2.75, 3.05) is 12.4 Å². The molecule has 0 aliphatic carbocycles. The predicted molar refractivity (Wildman–Crippen MR) is 57.0 cm³/mol. The van der Waals surface area contributed by atoms with Gasteiger partial charge in [-0.05, 0) is 19.3 Å². The van der Waals surface area contributed by atoms with Crippen LogP contribution in [0, 0.1) is 5.92 Å². The lowest BCUT2D eigenvalue weighted by molar-refractivity contribution is -0.131. The van der Waals surface area contributed by atoms with Gasteiger partial charge in [0.2, 0.25) is 5.91 Å². The lowest BCUT2D eigenvalue weighted by atomic mass is 10.1. The molecule has 0 radical (unpaired) electrons. The van der Waals surface area contributed by atoms with E-state index in [1.165, 1.54) is 0 Å². The molecule has 2 nitrogen and oxygen atoms in total. The van der Waals surface area contributed by atoms with Crippen molar-refractivity contribution in [1.29, 1.82) is 0 Å². The van der Waals surface area contributed by atoms with E-state index in [1.807, 2.05) is 4.90 Å². The third-order valence-corrected chi connectivity index (χ3v) is 2.35. The van der Waals surface area contributed by atoms with Crippen LogP contribution < -0.4 is 0 Å². The Morgan fingerprint density at radius 1 is 1.38 bits per heavy atom. The van der Waals surface area contributed by atoms with Gasteiger partial charge in [-0.2, -0.15) is 0 Å². The van der Waals surface area contributed by atoms with Crippen LogP contribution in [-0.4, -0.2) is 29.3 Å². The first-order valence-electron chi connectivity index (χ1n) is 4.88. The molecule has 0 fully saturated rings. The highest BCUT2D eigenvalue weighted by Gasteiger charge is 2.18. The van der Waals surface area contributed by atoms with E-state index in [1.54, 1.807) is 0 Å². The topological polar surface area (TPSA) is 20.3 Å². The Hall–Kier alpha value is -0.240. The maximum Gasteiger partial charge on any atom is 0.237 e. The fourth-order valence-electron chi connectivity index (χ4n) is 1.22. The molecule has 1 unspecified atom stereocenters. The average Bonchev–Trinajstić information content (AvgIpc) is 2.11. The highest BCUT2D eigenvalue weighted by Crippen LogP contribution is 2.08. The Bertz CT molecular complexity index is 159. The largest absolute Gasteiger partial charge is 0.339 e. The molecule has 1 amide bonds. The van der Waals surface area contributed by atoms with Crippen LogP contribution in [0.3, 0.4) is 0 Å². The summed E-state index contributed by atoms with van der Waals surface area (Å²) in [5.74, 6) is 0.641. The second kappa shape index (κ2) is 6.25. The predicted octanol–water partition coefficient (Wildman–Crippen LogP) is 2.51. The van der Waals surface area contributed by atoms with Crippen LogP contribution in [0.4, 0.5) is 0 Å². The van der Waals surface area contributed by atoms with E-state index >= 15 is 0 Å². The van der Waals surface area contributed by atoms with Crippen LogP contribution in [0.2, 0.25) is 0 Å². The quantitative estimate of drug-likeness (QED) is 0.632. The van der Waals surface area contributed by atoms with Gasteiger partial charge in [-0.25, -0.2) is 0 Å². The van der Waals surface area contributed by atoms with Crippen LogP contribution >= 0.6 is 11.6 Å². The van der Waals surface area contributed by atoms with Crippen molar-refractivity contribution in [1.82, 2.24) is 4.90 Å². The zero-order valence-electron chi connectivity index (χ0n) is 9.01. The number of rotatable bonds is 5. The first-order valence-corrected chi connectivity index (χ1v) is 5.41. The van der Waals surface area contributed by atoms with Crippen molar-refractivity contribution in [3.63, 3.8) is 0 Å². The lowest BCUT2D eigenvalue weighted by Crippen LogP contribution is -2.41. The van der Waals surface area contributed by atoms with Gasteiger partial charge in [-0.1, -0.05) is 20.8 Å². The molecule has 0 aromatic heterocycles. The van der Waals surface area contributed by atoms with Crippen LogP contribution in [0.15, 0.2) is 0 Å². The molecule has 0 rings (SSSR count). The van der Waals surface area contributed by atoms with Gasteiger partial charge in [-0.15, -0.1) is 11.6 Å². The smallest absolute Gasteiger partial charge is 0.237 e. The van der Waals surface area contributed by atoms with Gasteiger partial charge in [0, 0.05) is 12.6 Å². The van der Waals surface area contributed by atoms with E-state index in [4.69, 9.17) is 11.6 Å². The van der Waals surface area contributed by atoms with Crippen molar-refractivity contribution in [3.8, 4) is 0 Å². The van der Waals surface area contributed by atoms with Crippen molar-refractivity contribution >= 4 is 17.5 Å². The van der Waals surface area contributed by atoms with Gasteiger partial charge in [0.1, 0.15) is 5.88 Å². The molecule has 0 spiro atoms. The molecule has 13 heavy (non-hydrogen) atoms. The second-order valence-corrected chi connectivity index (χ2v) is 4.10. The highest BCUT2D eigenvalue weighted by molar-refractivity contribution is 6.27. The van der Waals surface area contributed by atoms with Gasteiger partial charge in [0.05, 0.1) is 0 Å². The number of alkyl halides is 1. The summed E-state index contributed by atoms with van der Waals surface area (Å²) in [7, 11) is 0. The van der Waals surface area contributed by atoms with Gasteiger partial charge >= 0.3 is 0 Å². The van der Waals surface area contributed by atoms with Gasteiger partial charge < -0.3 is 4.90 Å². The Balaban J connectivity index is 4.26. The molecule has 0 N–H and O–H groups in total. The summed E-state index contributed by atoms with van der Waals surface area (Å²) in [4.78, 5) is 13.3. The van der Waals surface area contributed by atoms with Crippen molar-refractivity contribution in [2.24, 2.45) is 5.92 Å². The minimum atomic E-state index is 0.0460. The lowest BCUT2D eigenvalue weighted by Gasteiger charge is -2.29. The highest BCUT2D eigenvalue weighted by atomic mass is 35.5. The first-order chi connectivity index (χ1) is 6.02. The third-order valence-electron chi connectivity index (χ3n) is 2.12. The third kappa shape index (κ3) is 4.51. The number of carbonyl (C=O) groups is 1. The maximum atomic E-state index is 11.4. The first kappa shape index (κ1) is 12.8. The standard InChI is InChI=1S/C10H20ClNO/c1-5-9(4)12(7-8(2)3)10(13)6-11/h8-9H,5-7H2,1-4H3. The summed E-state index contributed by atoms with van der Waals surface area (Å²) < 4.78 is 0. The molecule has 0 aliphatic heterocycles. The molecule has 0 bridgehead atoms. The molecule has 0 aromatic rings. The SMILES string of the molecule is CCC(C)N(CC(C)C)C(=O)CCl. The summed E-state index contributed by atoms with van der Waals surface area (Å²) in [5, 5.41) is 0. The maximum absolute atomic E-state index is 11.4. The molecule has 3 heteroatoms. The summed E-state index contributed by atoms with van der Waals surface area (Å²) >= 11 is 5.54. The molecular weight excluding hydrogens is 186 g/mol. The van der Waals surface area contributed by atoms with Crippen LogP contribution in [0.25, 0.3) is 0 Å². The number of hydrogen-bond donors (Lipinski definition) is 0. The van der Waals surface area contributed by atoms with E-state index in [2.05, 4.69) is 27.7 Å².